The summed E-state index contributed by atoms with van der Waals surface area (Å²) >= 11 is 0. The summed E-state index contributed by atoms with van der Waals surface area (Å²) in [5.41, 5.74) is 3.71. The van der Waals surface area contributed by atoms with Crippen molar-refractivity contribution < 1.29 is 19.1 Å². The van der Waals surface area contributed by atoms with Gasteiger partial charge in [0.15, 0.2) is 0 Å². The summed E-state index contributed by atoms with van der Waals surface area (Å²) in [6.45, 7) is 8.58. The highest BCUT2D eigenvalue weighted by Gasteiger charge is 2.28. The van der Waals surface area contributed by atoms with Gasteiger partial charge in [0.25, 0.3) is 0 Å². The molecule has 32 heavy (non-hydrogen) atoms. The third kappa shape index (κ3) is 6.67. The molecular weight excluding hydrogens is 440 g/mol. The van der Waals surface area contributed by atoms with E-state index in [9.17, 15) is 9.59 Å². The molecule has 174 valence electrons. The summed E-state index contributed by atoms with van der Waals surface area (Å²) in [6.07, 6.45) is 9.80. The number of esters is 2. The minimum Gasteiger partial charge on any atom is -0.462 e. The van der Waals surface area contributed by atoms with E-state index in [0.717, 1.165) is 42.1 Å². The van der Waals surface area contributed by atoms with Gasteiger partial charge in [0, 0.05) is 17.4 Å². The van der Waals surface area contributed by atoms with Crippen LogP contribution in [-0.4, -0.2) is 29.5 Å². The number of rotatable bonds is 9. The second kappa shape index (κ2) is 11.5. The van der Waals surface area contributed by atoms with Gasteiger partial charge in [0.2, 0.25) is 0 Å². The van der Waals surface area contributed by atoms with Crippen LogP contribution in [0.4, 0.5) is 0 Å². The molecule has 3 rings (SSSR count). The molecule has 1 saturated heterocycles. The Morgan fingerprint density at radius 3 is 2.69 bits per heavy atom. The fraction of sp³-hybridized carbons (Fsp3) is 0.538. The topological polar surface area (TPSA) is 52.6 Å². The highest BCUT2D eigenvalue weighted by atomic mass is 33.1. The maximum absolute atomic E-state index is 12.7. The summed E-state index contributed by atoms with van der Waals surface area (Å²) in [4.78, 5) is 25.1. The van der Waals surface area contributed by atoms with Crippen LogP contribution in [0, 0.1) is 5.41 Å². The van der Waals surface area contributed by atoms with Gasteiger partial charge >= 0.3 is 11.9 Å². The van der Waals surface area contributed by atoms with Gasteiger partial charge in [-0.05, 0) is 68.2 Å². The van der Waals surface area contributed by atoms with Crippen LogP contribution >= 0.6 is 21.6 Å². The van der Waals surface area contributed by atoms with Crippen molar-refractivity contribution >= 4 is 39.1 Å². The van der Waals surface area contributed by atoms with Crippen molar-refractivity contribution in [2.45, 2.75) is 71.5 Å². The van der Waals surface area contributed by atoms with Gasteiger partial charge in [-0.1, -0.05) is 65.6 Å². The van der Waals surface area contributed by atoms with E-state index in [-0.39, 0.29) is 23.7 Å². The predicted molar refractivity (Wildman–Crippen MR) is 135 cm³/mol. The molecule has 1 heterocycles. The van der Waals surface area contributed by atoms with Crippen LogP contribution in [0.1, 0.15) is 82.1 Å². The van der Waals surface area contributed by atoms with Crippen LogP contribution in [0.3, 0.4) is 0 Å². The molecule has 0 N–H and O–H groups in total. The molecule has 1 aliphatic heterocycles. The Hall–Kier alpha value is -1.66. The number of unbranched alkanes of at least 4 members (excludes halogenated alkanes) is 1. The Labute approximate surface area is 200 Å². The molecule has 0 aromatic heterocycles. The van der Waals surface area contributed by atoms with Gasteiger partial charge in [-0.3, -0.25) is 4.79 Å². The lowest BCUT2D eigenvalue weighted by molar-refractivity contribution is -0.134. The van der Waals surface area contributed by atoms with E-state index in [2.05, 4.69) is 32.9 Å². The monoisotopic (exact) mass is 474 g/mol. The van der Waals surface area contributed by atoms with Crippen molar-refractivity contribution in [3.05, 3.63) is 47.1 Å². The molecule has 0 amide bonds. The van der Waals surface area contributed by atoms with Crippen molar-refractivity contribution in [3.63, 3.8) is 0 Å². The molecule has 1 aromatic carbocycles. The zero-order valence-corrected chi connectivity index (χ0v) is 21.2. The molecule has 1 aromatic rings. The highest BCUT2D eigenvalue weighted by molar-refractivity contribution is 8.77. The zero-order chi connectivity index (χ0) is 23.1. The molecule has 1 aliphatic carbocycles. The standard InChI is InChI=1S/C26H34O4S2/c1-5-29-25(28)21-16-19(22-12-10-18(2)17-26(22,3)4)11-13-23(21)30-24(27)9-7-6-8-20-14-15-31-32-20/h10-13,16,20H,5-9,14-15,17H2,1-4H3. The van der Waals surface area contributed by atoms with Crippen LogP contribution in [0.2, 0.25) is 0 Å². The minimum absolute atomic E-state index is 0.0426. The Morgan fingerprint density at radius 2 is 2.00 bits per heavy atom. The summed E-state index contributed by atoms with van der Waals surface area (Å²) in [5, 5.41) is 0.718. The van der Waals surface area contributed by atoms with Gasteiger partial charge in [0.1, 0.15) is 11.3 Å². The van der Waals surface area contributed by atoms with Crippen molar-refractivity contribution in [1.82, 2.24) is 0 Å². The fourth-order valence-corrected chi connectivity index (χ4v) is 7.35. The maximum Gasteiger partial charge on any atom is 0.341 e. The maximum atomic E-state index is 12.7. The number of benzene rings is 1. The third-order valence-electron chi connectivity index (χ3n) is 5.88. The highest BCUT2D eigenvalue weighted by Crippen LogP contribution is 2.43. The summed E-state index contributed by atoms with van der Waals surface area (Å²) in [7, 11) is 3.91. The van der Waals surface area contributed by atoms with Gasteiger partial charge in [0.05, 0.1) is 6.61 Å². The molecule has 0 spiro atoms. The van der Waals surface area contributed by atoms with Gasteiger partial charge in [-0.2, -0.15) is 0 Å². The van der Waals surface area contributed by atoms with Crippen LogP contribution in [0.25, 0.3) is 5.57 Å². The lowest BCUT2D eigenvalue weighted by atomic mass is 9.73. The van der Waals surface area contributed by atoms with E-state index in [1.165, 1.54) is 17.7 Å². The van der Waals surface area contributed by atoms with Crippen molar-refractivity contribution in [2.75, 3.05) is 12.4 Å². The zero-order valence-electron chi connectivity index (χ0n) is 19.6. The number of hydrogen-bond donors (Lipinski definition) is 0. The minimum atomic E-state index is -0.464. The van der Waals surface area contributed by atoms with Crippen molar-refractivity contribution in [3.8, 4) is 5.75 Å². The molecule has 0 saturated carbocycles. The van der Waals surface area contributed by atoms with E-state index in [4.69, 9.17) is 9.47 Å². The second-order valence-electron chi connectivity index (χ2n) is 9.13. The lowest BCUT2D eigenvalue weighted by Gasteiger charge is -2.32. The summed E-state index contributed by atoms with van der Waals surface area (Å²) in [5.74, 6) is 0.746. The molecule has 2 aliphatic rings. The van der Waals surface area contributed by atoms with Gasteiger partial charge < -0.3 is 9.47 Å². The first-order valence-corrected chi connectivity index (χ1v) is 13.9. The van der Waals surface area contributed by atoms with E-state index in [0.29, 0.717) is 12.0 Å². The molecule has 4 nitrogen and oxygen atoms in total. The number of allylic oxidation sites excluding steroid dienone is 4. The molecule has 0 radical (unpaired) electrons. The molecule has 1 fully saturated rings. The summed E-state index contributed by atoms with van der Waals surface area (Å²) in [6, 6.07) is 5.47. The first-order valence-electron chi connectivity index (χ1n) is 11.5. The van der Waals surface area contributed by atoms with Crippen LogP contribution in [0.15, 0.2) is 35.9 Å². The van der Waals surface area contributed by atoms with E-state index in [1.807, 2.05) is 27.7 Å². The lowest BCUT2D eigenvalue weighted by Crippen LogP contribution is -2.18. The van der Waals surface area contributed by atoms with Crippen LogP contribution in [0.5, 0.6) is 5.75 Å². The Kier molecular flexibility index (Phi) is 8.95. The van der Waals surface area contributed by atoms with Crippen molar-refractivity contribution in [1.29, 1.82) is 0 Å². The van der Waals surface area contributed by atoms with Gasteiger partial charge in [-0.25, -0.2) is 4.79 Å². The average molecular weight is 475 g/mol. The average Bonchev–Trinajstić information content (AvgIpc) is 3.25. The Bertz CT molecular complexity index is 895. The quantitative estimate of drug-likeness (QED) is 0.163. The Morgan fingerprint density at radius 1 is 1.19 bits per heavy atom. The number of hydrogen-bond acceptors (Lipinski definition) is 6. The smallest absolute Gasteiger partial charge is 0.341 e. The normalized spacial score (nSPS) is 19.8. The number of carbonyl (C=O) groups excluding carboxylic acids is 2. The molecule has 1 atom stereocenters. The first-order chi connectivity index (χ1) is 15.3. The second-order valence-corrected chi connectivity index (χ2v) is 11.9. The third-order valence-corrected chi connectivity index (χ3v) is 8.89. The van der Waals surface area contributed by atoms with E-state index < -0.39 is 5.97 Å². The Balaban J connectivity index is 1.70. The molecule has 6 heteroatoms. The van der Waals surface area contributed by atoms with Gasteiger partial charge in [-0.15, -0.1) is 0 Å². The molecule has 1 unspecified atom stereocenters. The van der Waals surface area contributed by atoms with E-state index in [1.54, 1.807) is 19.1 Å². The number of carbonyl (C=O) groups is 2. The van der Waals surface area contributed by atoms with Crippen molar-refractivity contribution in [2.24, 2.45) is 5.41 Å². The van der Waals surface area contributed by atoms with Crippen LogP contribution < -0.4 is 4.74 Å². The number of ether oxygens (including phenoxy) is 2. The predicted octanol–water partition coefficient (Wildman–Crippen LogP) is 7.24. The van der Waals surface area contributed by atoms with Crippen LogP contribution in [-0.2, 0) is 9.53 Å². The molecule has 0 bridgehead atoms. The summed E-state index contributed by atoms with van der Waals surface area (Å²) < 4.78 is 10.9. The largest absolute Gasteiger partial charge is 0.462 e. The van der Waals surface area contributed by atoms with E-state index >= 15 is 0 Å². The fourth-order valence-electron chi connectivity index (χ4n) is 4.32. The first kappa shape index (κ1) is 25.0. The SMILES string of the molecule is CCOC(=O)c1cc(C2=CC=C(C)CC2(C)C)ccc1OC(=O)CCCCC1CCSS1. The molecular formula is C26H34O4S2.